The summed E-state index contributed by atoms with van der Waals surface area (Å²) in [5.41, 5.74) is 6.33. The summed E-state index contributed by atoms with van der Waals surface area (Å²) in [6, 6.07) is 1.65. The monoisotopic (exact) mass is 240 g/mol. The van der Waals surface area contributed by atoms with Gasteiger partial charge in [-0.1, -0.05) is 27.2 Å². The fraction of sp³-hybridized carbons (Fsp3) is 1.00. The van der Waals surface area contributed by atoms with Crippen molar-refractivity contribution >= 4 is 0 Å². The molecule has 1 aliphatic carbocycles. The van der Waals surface area contributed by atoms with Gasteiger partial charge >= 0.3 is 0 Å². The number of likely N-dealkylation sites (N-methyl/N-ethyl adjacent to an activating group) is 1. The highest BCUT2D eigenvalue weighted by molar-refractivity contribution is 4.90. The molecule has 0 radical (unpaired) electrons. The molecule has 0 heterocycles. The summed E-state index contributed by atoms with van der Waals surface area (Å²) in [6.07, 6.45) is 6.37. The highest BCUT2D eigenvalue weighted by atomic mass is 15.2. The molecule has 0 aromatic heterocycles. The molecule has 0 spiro atoms. The zero-order chi connectivity index (χ0) is 13.0. The maximum Gasteiger partial charge on any atom is 0.0249 e. The van der Waals surface area contributed by atoms with E-state index in [9.17, 15) is 0 Å². The molecule has 4 unspecified atom stereocenters. The highest BCUT2D eigenvalue weighted by Gasteiger charge is 2.33. The van der Waals surface area contributed by atoms with Crippen LogP contribution in [0.4, 0.5) is 0 Å². The van der Waals surface area contributed by atoms with Crippen LogP contribution in [0.5, 0.6) is 0 Å². The van der Waals surface area contributed by atoms with Crippen LogP contribution in [0.1, 0.15) is 59.8 Å². The second-order valence-electron chi connectivity index (χ2n) is 6.35. The number of rotatable bonds is 5. The third-order valence-electron chi connectivity index (χ3n) is 4.78. The molecule has 1 aliphatic rings. The van der Waals surface area contributed by atoms with Crippen molar-refractivity contribution < 1.29 is 0 Å². The summed E-state index contributed by atoms with van der Waals surface area (Å²) in [4.78, 5) is 2.54. The molecule has 2 heteroatoms. The van der Waals surface area contributed by atoms with Gasteiger partial charge in [-0.3, -0.25) is 4.90 Å². The van der Waals surface area contributed by atoms with E-state index in [1.807, 2.05) is 0 Å². The van der Waals surface area contributed by atoms with Crippen LogP contribution in [0, 0.1) is 11.8 Å². The lowest BCUT2D eigenvalue weighted by molar-refractivity contribution is 0.0864. The minimum atomic E-state index is 0.384. The number of hydrogen-bond acceptors (Lipinski definition) is 2. The molecule has 0 aromatic rings. The Hall–Kier alpha value is -0.0800. The molecule has 0 aromatic carbocycles. The summed E-state index contributed by atoms with van der Waals surface area (Å²) in [5, 5.41) is 0. The maximum absolute atomic E-state index is 6.33. The fourth-order valence-electron chi connectivity index (χ4n) is 3.22. The minimum absolute atomic E-state index is 0.384. The van der Waals surface area contributed by atoms with Crippen LogP contribution in [-0.4, -0.2) is 30.1 Å². The van der Waals surface area contributed by atoms with Crippen molar-refractivity contribution in [2.24, 2.45) is 17.6 Å². The molecule has 0 aliphatic heterocycles. The molecule has 4 atom stereocenters. The first-order chi connectivity index (χ1) is 7.97. The maximum atomic E-state index is 6.33. The molecule has 2 N–H and O–H groups in total. The molecular formula is C15H32N2. The van der Waals surface area contributed by atoms with Gasteiger partial charge in [0.2, 0.25) is 0 Å². The Morgan fingerprint density at radius 3 is 2.41 bits per heavy atom. The first-order valence-electron chi connectivity index (χ1n) is 7.44. The Kier molecular flexibility index (Phi) is 5.94. The van der Waals surface area contributed by atoms with Gasteiger partial charge in [0, 0.05) is 18.1 Å². The molecule has 0 amide bonds. The summed E-state index contributed by atoms with van der Waals surface area (Å²) >= 11 is 0. The smallest absolute Gasteiger partial charge is 0.0249 e. The van der Waals surface area contributed by atoms with E-state index in [1.165, 1.54) is 32.1 Å². The molecule has 2 nitrogen and oxygen atoms in total. The second kappa shape index (κ2) is 6.75. The van der Waals surface area contributed by atoms with Gasteiger partial charge in [-0.2, -0.15) is 0 Å². The van der Waals surface area contributed by atoms with E-state index in [2.05, 4.69) is 39.6 Å². The van der Waals surface area contributed by atoms with Gasteiger partial charge in [0.05, 0.1) is 0 Å². The molecular weight excluding hydrogens is 208 g/mol. The van der Waals surface area contributed by atoms with E-state index >= 15 is 0 Å². The topological polar surface area (TPSA) is 29.3 Å². The largest absolute Gasteiger partial charge is 0.326 e. The van der Waals surface area contributed by atoms with Crippen LogP contribution in [0.3, 0.4) is 0 Å². The summed E-state index contributed by atoms with van der Waals surface area (Å²) in [5.74, 6) is 1.68. The van der Waals surface area contributed by atoms with Crippen molar-refractivity contribution in [1.29, 1.82) is 0 Å². The van der Waals surface area contributed by atoms with E-state index in [0.717, 1.165) is 11.8 Å². The van der Waals surface area contributed by atoms with E-state index in [-0.39, 0.29) is 0 Å². The van der Waals surface area contributed by atoms with Crippen molar-refractivity contribution in [2.75, 3.05) is 7.05 Å². The lowest BCUT2D eigenvalue weighted by Crippen LogP contribution is -2.53. The van der Waals surface area contributed by atoms with Gasteiger partial charge in [0.15, 0.2) is 0 Å². The average Bonchev–Trinajstić information content (AvgIpc) is 2.28. The quantitative estimate of drug-likeness (QED) is 0.799. The third-order valence-corrected chi connectivity index (χ3v) is 4.78. The van der Waals surface area contributed by atoms with Crippen molar-refractivity contribution in [2.45, 2.75) is 77.9 Å². The van der Waals surface area contributed by atoms with Crippen molar-refractivity contribution in [3.05, 3.63) is 0 Å². The van der Waals surface area contributed by atoms with E-state index in [4.69, 9.17) is 5.73 Å². The van der Waals surface area contributed by atoms with E-state index in [0.29, 0.717) is 18.1 Å². The summed E-state index contributed by atoms with van der Waals surface area (Å²) in [7, 11) is 2.27. The third kappa shape index (κ3) is 3.96. The predicted molar refractivity (Wildman–Crippen MR) is 76.1 cm³/mol. The molecule has 102 valence electrons. The van der Waals surface area contributed by atoms with E-state index in [1.54, 1.807) is 0 Å². The molecule has 0 saturated heterocycles. The minimum Gasteiger partial charge on any atom is -0.326 e. The van der Waals surface area contributed by atoms with Crippen LogP contribution < -0.4 is 5.73 Å². The molecule has 1 fully saturated rings. The van der Waals surface area contributed by atoms with Gasteiger partial charge in [-0.05, 0) is 51.5 Å². The first-order valence-corrected chi connectivity index (χ1v) is 7.44. The Morgan fingerprint density at radius 1 is 1.24 bits per heavy atom. The summed E-state index contributed by atoms with van der Waals surface area (Å²) in [6.45, 7) is 9.32. The van der Waals surface area contributed by atoms with E-state index < -0.39 is 0 Å². The van der Waals surface area contributed by atoms with Gasteiger partial charge in [0.25, 0.3) is 0 Å². The lowest BCUT2D eigenvalue weighted by atomic mass is 9.76. The zero-order valence-corrected chi connectivity index (χ0v) is 12.4. The Morgan fingerprint density at radius 2 is 1.88 bits per heavy atom. The Balaban J connectivity index is 2.59. The molecule has 0 bridgehead atoms. The fourth-order valence-corrected chi connectivity index (χ4v) is 3.22. The molecule has 1 saturated carbocycles. The second-order valence-corrected chi connectivity index (χ2v) is 6.35. The van der Waals surface area contributed by atoms with Crippen molar-refractivity contribution in [1.82, 2.24) is 4.90 Å². The zero-order valence-electron chi connectivity index (χ0n) is 12.4. The highest BCUT2D eigenvalue weighted by Crippen LogP contribution is 2.32. The normalized spacial score (nSPS) is 32.1. The SMILES string of the molecule is CCCC(C)N(C)C1CC(C(C)C)CCC1N. The Labute approximate surface area is 108 Å². The van der Waals surface area contributed by atoms with Crippen LogP contribution in [0.15, 0.2) is 0 Å². The number of nitrogens with zero attached hydrogens (tertiary/aromatic N) is 1. The number of nitrogens with two attached hydrogens (primary N) is 1. The van der Waals surface area contributed by atoms with Crippen LogP contribution >= 0.6 is 0 Å². The van der Waals surface area contributed by atoms with Crippen LogP contribution in [0.2, 0.25) is 0 Å². The molecule has 17 heavy (non-hydrogen) atoms. The summed E-state index contributed by atoms with van der Waals surface area (Å²) < 4.78 is 0. The number of hydrogen-bond donors (Lipinski definition) is 1. The predicted octanol–water partition coefficient (Wildman–Crippen LogP) is 3.26. The lowest BCUT2D eigenvalue weighted by Gasteiger charge is -2.43. The standard InChI is InChI=1S/C15H32N2/c1-6-7-12(4)17(5)15-10-13(11(2)3)8-9-14(15)16/h11-15H,6-10,16H2,1-5H3. The van der Waals surface area contributed by atoms with Crippen LogP contribution in [-0.2, 0) is 0 Å². The van der Waals surface area contributed by atoms with Crippen LogP contribution in [0.25, 0.3) is 0 Å². The Bertz CT molecular complexity index is 215. The van der Waals surface area contributed by atoms with Crippen molar-refractivity contribution in [3.8, 4) is 0 Å². The average molecular weight is 240 g/mol. The van der Waals surface area contributed by atoms with Crippen molar-refractivity contribution in [3.63, 3.8) is 0 Å². The van der Waals surface area contributed by atoms with Gasteiger partial charge in [-0.15, -0.1) is 0 Å². The van der Waals surface area contributed by atoms with Gasteiger partial charge in [0.1, 0.15) is 0 Å². The van der Waals surface area contributed by atoms with Gasteiger partial charge < -0.3 is 5.73 Å². The first kappa shape index (κ1) is 15.0. The molecule has 1 rings (SSSR count). The van der Waals surface area contributed by atoms with Gasteiger partial charge in [-0.25, -0.2) is 0 Å².